The molecule has 3 aromatic carbocycles. The summed E-state index contributed by atoms with van der Waals surface area (Å²) in [5, 5.41) is 0. The summed E-state index contributed by atoms with van der Waals surface area (Å²) in [5.74, 6) is -0.947. The van der Waals surface area contributed by atoms with E-state index in [1.165, 1.54) is 7.11 Å². The Balaban J connectivity index is 1.76. The van der Waals surface area contributed by atoms with Crippen molar-refractivity contribution < 1.29 is 23.9 Å². The number of urea groups is 1. The third kappa shape index (κ3) is 6.06. The number of rotatable bonds is 9. The van der Waals surface area contributed by atoms with E-state index in [1.807, 2.05) is 91.0 Å². The zero-order valence-electron chi connectivity index (χ0n) is 21.0. The molecule has 1 aliphatic heterocycles. The number of benzene rings is 3. The molecule has 7 nitrogen and oxygen atoms in total. The van der Waals surface area contributed by atoms with Crippen molar-refractivity contribution in [1.29, 1.82) is 0 Å². The number of carbonyl (C=O) groups excluding carboxylic acids is 3. The normalized spacial score (nSPS) is 15.5. The Morgan fingerprint density at radius 1 is 0.838 bits per heavy atom. The van der Waals surface area contributed by atoms with Crippen LogP contribution >= 0.6 is 0 Å². The molecule has 0 fully saturated rings. The van der Waals surface area contributed by atoms with Crippen molar-refractivity contribution >= 4 is 18.0 Å². The van der Waals surface area contributed by atoms with Gasteiger partial charge >= 0.3 is 18.0 Å². The fourth-order valence-electron chi connectivity index (χ4n) is 4.44. The van der Waals surface area contributed by atoms with Gasteiger partial charge in [-0.2, -0.15) is 0 Å². The lowest BCUT2D eigenvalue weighted by Gasteiger charge is -2.43. The average molecular weight is 499 g/mol. The van der Waals surface area contributed by atoms with Crippen LogP contribution in [0.1, 0.15) is 36.1 Å². The van der Waals surface area contributed by atoms with Crippen molar-refractivity contribution in [3.05, 3.63) is 119 Å². The maximum Gasteiger partial charge on any atom is 0.338 e. The van der Waals surface area contributed by atoms with E-state index in [4.69, 9.17) is 9.47 Å². The molecule has 0 aliphatic carbocycles. The highest BCUT2D eigenvalue weighted by Gasteiger charge is 2.42. The SMILES string of the molecule is COC(=O)CCN1C(=O)N(Cc2ccccc2)C(C)=C(C(=O)OCc2ccccc2)C1c1ccccc1. The maximum absolute atomic E-state index is 13.9. The number of methoxy groups -OCH3 is 1. The number of nitrogens with zero attached hydrogens (tertiary/aromatic N) is 2. The second kappa shape index (κ2) is 12.0. The molecule has 37 heavy (non-hydrogen) atoms. The van der Waals surface area contributed by atoms with Crippen molar-refractivity contribution in [3.63, 3.8) is 0 Å². The van der Waals surface area contributed by atoms with Gasteiger partial charge < -0.3 is 14.4 Å². The molecule has 0 saturated heterocycles. The van der Waals surface area contributed by atoms with Crippen LogP contribution < -0.4 is 0 Å². The summed E-state index contributed by atoms with van der Waals surface area (Å²) >= 11 is 0. The number of esters is 2. The van der Waals surface area contributed by atoms with Gasteiger partial charge in [0, 0.05) is 12.2 Å². The summed E-state index contributed by atoms with van der Waals surface area (Å²) in [7, 11) is 1.31. The maximum atomic E-state index is 13.9. The molecule has 0 spiro atoms. The minimum atomic E-state index is -0.714. The van der Waals surface area contributed by atoms with E-state index in [9.17, 15) is 14.4 Å². The zero-order chi connectivity index (χ0) is 26.2. The Morgan fingerprint density at radius 2 is 1.41 bits per heavy atom. The molecule has 3 aromatic rings. The lowest BCUT2D eigenvalue weighted by Crippen LogP contribution is -2.51. The number of ether oxygens (including phenoxy) is 2. The van der Waals surface area contributed by atoms with Crippen molar-refractivity contribution in [3.8, 4) is 0 Å². The van der Waals surface area contributed by atoms with Crippen LogP contribution in [0.3, 0.4) is 0 Å². The highest BCUT2D eigenvalue weighted by Crippen LogP contribution is 2.38. The van der Waals surface area contributed by atoms with Crippen LogP contribution in [0.4, 0.5) is 4.79 Å². The van der Waals surface area contributed by atoms with Crippen LogP contribution in [-0.2, 0) is 32.2 Å². The minimum absolute atomic E-state index is 0.00383. The predicted molar refractivity (Wildman–Crippen MR) is 139 cm³/mol. The van der Waals surface area contributed by atoms with E-state index in [-0.39, 0.29) is 32.1 Å². The number of carbonyl (C=O) groups is 3. The Labute approximate surface area is 216 Å². The zero-order valence-corrected chi connectivity index (χ0v) is 21.0. The third-order valence-electron chi connectivity index (χ3n) is 6.37. The van der Waals surface area contributed by atoms with Crippen molar-refractivity contribution in [2.45, 2.75) is 32.5 Å². The fourth-order valence-corrected chi connectivity index (χ4v) is 4.44. The molecule has 190 valence electrons. The van der Waals surface area contributed by atoms with E-state index in [0.29, 0.717) is 11.3 Å². The van der Waals surface area contributed by atoms with Gasteiger partial charge in [-0.1, -0.05) is 91.0 Å². The molecular formula is C30H30N2O5. The van der Waals surface area contributed by atoms with Crippen LogP contribution in [-0.4, -0.2) is 41.4 Å². The van der Waals surface area contributed by atoms with Gasteiger partial charge in [-0.3, -0.25) is 9.69 Å². The van der Waals surface area contributed by atoms with Crippen molar-refractivity contribution in [1.82, 2.24) is 9.80 Å². The van der Waals surface area contributed by atoms with Crippen LogP contribution in [0, 0.1) is 0 Å². The standard InChI is InChI=1S/C30H30N2O5/c1-22-27(29(34)37-21-24-14-8-4-9-15-24)28(25-16-10-5-11-17-25)31(19-18-26(33)36-2)30(35)32(22)20-23-12-6-3-7-13-23/h3-17,28H,18-21H2,1-2H3. The van der Waals surface area contributed by atoms with Gasteiger partial charge in [-0.15, -0.1) is 0 Å². The Hall–Kier alpha value is -4.39. The summed E-state index contributed by atoms with van der Waals surface area (Å²) in [6, 6.07) is 27.3. The van der Waals surface area contributed by atoms with Crippen LogP contribution in [0.5, 0.6) is 0 Å². The number of hydrogen-bond donors (Lipinski definition) is 0. The van der Waals surface area contributed by atoms with Crippen LogP contribution in [0.2, 0.25) is 0 Å². The second-order valence-electron chi connectivity index (χ2n) is 8.75. The first-order valence-electron chi connectivity index (χ1n) is 12.1. The first-order valence-corrected chi connectivity index (χ1v) is 12.1. The minimum Gasteiger partial charge on any atom is -0.469 e. The molecule has 7 heteroatoms. The third-order valence-corrected chi connectivity index (χ3v) is 6.37. The fraction of sp³-hybridized carbons (Fsp3) is 0.233. The highest BCUT2D eigenvalue weighted by molar-refractivity contribution is 5.95. The summed E-state index contributed by atoms with van der Waals surface area (Å²) in [6.07, 6.45) is -0.00383. The van der Waals surface area contributed by atoms with Gasteiger partial charge in [0.1, 0.15) is 6.61 Å². The van der Waals surface area contributed by atoms with Gasteiger partial charge in [0.25, 0.3) is 0 Å². The average Bonchev–Trinajstić information content (AvgIpc) is 2.94. The van der Waals surface area contributed by atoms with Crippen LogP contribution in [0.15, 0.2) is 102 Å². The lowest BCUT2D eigenvalue weighted by molar-refractivity contribution is -0.141. The van der Waals surface area contributed by atoms with Crippen molar-refractivity contribution in [2.75, 3.05) is 13.7 Å². The molecule has 1 atom stereocenters. The Bertz CT molecular complexity index is 1260. The highest BCUT2D eigenvalue weighted by atomic mass is 16.5. The molecule has 1 aliphatic rings. The van der Waals surface area contributed by atoms with Crippen molar-refractivity contribution in [2.24, 2.45) is 0 Å². The van der Waals surface area contributed by atoms with E-state index in [1.54, 1.807) is 16.7 Å². The summed E-state index contributed by atoms with van der Waals surface area (Å²) in [6.45, 7) is 2.23. The quantitative estimate of drug-likeness (QED) is 0.377. The topological polar surface area (TPSA) is 76.2 Å². The molecule has 0 bridgehead atoms. The molecular weight excluding hydrogens is 468 g/mol. The predicted octanol–water partition coefficient (Wildman–Crippen LogP) is 5.25. The van der Waals surface area contributed by atoms with Crippen LogP contribution in [0.25, 0.3) is 0 Å². The van der Waals surface area contributed by atoms with Gasteiger partial charge in [-0.25, -0.2) is 9.59 Å². The molecule has 2 amide bonds. The largest absolute Gasteiger partial charge is 0.469 e. The van der Waals surface area contributed by atoms with E-state index >= 15 is 0 Å². The number of amides is 2. The number of hydrogen-bond acceptors (Lipinski definition) is 5. The number of allylic oxidation sites excluding steroid dienone is 1. The first-order chi connectivity index (χ1) is 18.0. The first kappa shape index (κ1) is 25.7. The second-order valence-corrected chi connectivity index (χ2v) is 8.75. The summed E-state index contributed by atoms with van der Waals surface area (Å²) in [5.41, 5.74) is 3.42. The Morgan fingerprint density at radius 3 is 2.00 bits per heavy atom. The lowest BCUT2D eigenvalue weighted by atomic mass is 9.92. The summed E-state index contributed by atoms with van der Waals surface area (Å²) in [4.78, 5) is 42.7. The molecule has 0 N–H and O–H groups in total. The smallest absolute Gasteiger partial charge is 0.338 e. The molecule has 0 saturated carbocycles. The molecule has 4 rings (SSSR count). The Kier molecular flexibility index (Phi) is 8.36. The molecule has 1 heterocycles. The molecule has 0 aromatic heterocycles. The van der Waals surface area contributed by atoms with Gasteiger partial charge in [0.15, 0.2) is 0 Å². The van der Waals surface area contributed by atoms with Gasteiger partial charge in [0.2, 0.25) is 0 Å². The van der Waals surface area contributed by atoms with E-state index < -0.39 is 18.0 Å². The summed E-state index contributed by atoms with van der Waals surface area (Å²) < 4.78 is 10.6. The monoisotopic (exact) mass is 498 g/mol. The molecule has 1 unspecified atom stereocenters. The molecule has 0 radical (unpaired) electrons. The van der Waals surface area contributed by atoms with Gasteiger partial charge in [-0.05, 0) is 23.6 Å². The van der Waals surface area contributed by atoms with Gasteiger partial charge in [0.05, 0.1) is 31.7 Å². The van der Waals surface area contributed by atoms with E-state index in [2.05, 4.69) is 0 Å². The van der Waals surface area contributed by atoms with E-state index in [0.717, 1.165) is 16.7 Å².